The second-order valence-electron chi connectivity index (χ2n) is 5.99. The number of rotatable bonds is 6. The van der Waals surface area contributed by atoms with Crippen molar-refractivity contribution in [2.45, 2.75) is 38.6 Å². The number of carbonyl (C=O) groups is 1. The number of hydrogen-bond acceptors (Lipinski definition) is 6. The number of nitrogens with zero attached hydrogens (tertiary/aromatic N) is 2. The highest BCUT2D eigenvalue weighted by molar-refractivity contribution is 7.13. The van der Waals surface area contributed by atoms with Crippen molar-refractivity contribution in [2.75, 3.05) is 13.1 Å². The fraction of sp³-hybridized carbons (Fsp3) is 0.562. The molecular weight excluding hydrogens is 312 g/mol. The summed E-state index contributed by atoms with van der Waals surface area (Å²) in [6.07, 6.45) is 2.85. The van der Waals surface area contributed by atoms with Crippen molar-refractivity contribution in [2.24, 2.45) is 5.92 Å². The zero-order chi connectivity index (χ0) is 16.1. The van der Waals surface area contributed by atoms with Gasteiger partial charge in [0.1, 0.15) is 0 Å². The van der Waals surface area contributed by atoms with Crippen LogP contribution in [0.15, 0.2) is 22.0 Å². The van der Waals surface area contributed by atoms with Crippen LogP contribution in [0.25, 0.3) is 10.7 Å². The van der Waals surface area contributed by atoms with Crippen molar-refractivity contribution in [1.82, 2.24) is 20.8 Å². The Morgan fingerprint density at radius 3 is 3.26 bits per heavy atom. The molecule has 1 amide bonds. The SMILES string of the molecule is CC1CNCCC1NC(=O)CCCc1nc(-c2cccs2)no1. The Balaban J connectivity index is 1.41. The Labute approximate surface area is 139 Å². The first-order valence-electron chi connectivity index (χ1n) is 8.09. The van der Waals surface area contributed by atoms with Crippen LogP contribution in [0.3, 0.4) is 0 Å². The quantitative estimate of drug-likeness (QED) is 0.847. The lowest BCUT2D eigenvalue weighted by atomic mass is 9.95. The molecule has 1 aliphatic rings. The third-order valence-corrected chi connectivity index (χ3v) is 5.00. The Morgan fingerprint density at radius 2 is 2.48 bits per heavy atom. The van der Waals surface area contributed by atoms with Crippen LogP contribution in [0.4, 0.5) is 0 Å². The first-order valence-corrected chi connectivity index (χ1v) is 8.97. The summed E-state index contributed by atoms with van der Waals surface area (Å²) in [7, 11) is 0. The molecule has 1 saturated heterocycles. The van der Waals surface area contributed by atoms with E-state index >= 15 is 0 Å². The van der Waals surface area contributed by atoms with E-state index in [1.54, 1.807) is 11.3 Å². The topological polar surface area (TPSA) is 80.0 Å². The van der Waals surface area contributed by atoms with Crippen LogP contribution in [-0.4, -0.2) is 35.2 Å². The van der Waals surface area contributed by atoms with Crippen LogP contribution in [0.2, 0.25) is 0 Å². The normalized spacial score (nSPS) is 21.3. The molecule has 7 heteroatoms. The fourth-order valence-corrected chi connectivity index (χ4v) is 3.42. The van der Waals surface area contributed by atoms with Gasteiger partial charge in [0.05, 0.1) is 4.88 Å². The van der Waals surface area contributed by atoms with Crippen LogP contribution < -0.4 is 10.6 Å². The molecule has 0 bridgehead atoms. The van der Waals surface area contributed by atoms with Crippen molar-refractivity contribution in [3.05, 3.63) is 23.4 Å². The maximum Gasteiger partial charge on any atom is 0.226 e. The monoisotopic (exact) mass is 334 g/mol. The number of amides is 1. The molecule has 6 nitrogen and oxygen atoms in total. The van der Waals surface area contributed by atoms with E-state index in [1.165, 1.54) is 0 Å². The maximum absolute atomic E-state index is 12.0. The minimum absolute atomic E-state index is 0.113. The summed E-state index contributed by atoms with van der Waals surface area (Å²) in [4.78, 5) is 17.4. The lowest BCUT2D eigenvalue weighted by Crippen LogP contribution is -2.48. The van der Waals surface area contributed by atoms with E-state index in [-0.39, 0.29) is 11.9 Å². The van der Waals surface area contributed by atoms with Gasteiger partial charge in [-0.15, -0.1) is 11.3 Å². The van der Waals surface area contributed by atoms with Gasteiger partial charge in [0.25, 0.3) is 0 Å². The number of aromatic nitrogens is 2. The van der Waals surface area contributed by atoms with E-state index in [0.29, 0.717) is 30.5 Å². The lowest BCUT2D eigenvalue weighted by Gasteiger charge is -2.30. The highest BCUT2D eigenvalue weighted by Crippen LogP contribution is 2.21. The molecule has 0 saturated carbocycles. The summed E-state index contributed by atoms with van der Waals surface area (Å²) in [5, 5.41) is 12.4. The average Bonchev–Trinajstić information content (AvgIpc) is 3.20. The minimum atomic E-state index is 0.113. The Morgan fingerprint density at radius 1 is 1.57 bits per heavy atom. The maximum atomic E-state index is 12.0. The first kappa shape index (κ1) is 16.1. The van der Waals surface area contributed by atoms with Gasteiger partial charge in [-0.2, -0.15) is 4.98 Å². The lowest BCUT2D eigenvalue weighted by molar-refractivity contribution is -0.122. The summed E-state index contributed by atoms with van der Waals surface area (Å²) in [5.74, 6) is 1.82. The van der Waals surface area contributed by atoms with Crippen LogP contribution in [-0.2, 0) is 11.2 Å². The molecule has 3 heterocycles. The number of nitrogens with one attached hydrogen (secondary N) is 2. The molecule has 124 valence electrons. The van der Waals surface area contributed by atoms with E-state index in [9.17, 15) is 4.79 Å². The fourth-order valence-electron chi connectivity index (χ4n) is 2.77. The van der Waals surface area contributed by atoms with Crippen molar-refractivity contribution in [3.63, 3.8) is 0 Å². The molecule has 0 aromatic carbocycles. The summed E-state index contributed by atoms with van der Waals surface area (Å²) in [6, 6.07) is 4.22. The van der Waals surface area contributed by atoms with Gasteiger partial charge in [-0.05, 0) is 43.3 Å². The van der Waals surface area contributed by atoms with Gasteiger partial charge in [-0.25, -0.2) is 0 Å². The number of carbonyl (C=O) groups excluding carboxylic acids is 1. The molecule has 0 spiro atoms. The highest BCUT2D eigenvalue weighted by atomic mass is 32.1. The molecule has 2 atom stereocenters. The number of thiophene rings is 1. The second kappa shape index (κ2) is 7.70. The zero-order valence-corrected chi connectivity index (χ0v) is 14.1. The Kier molecular flexibility index (Phi) is 5.40. The zero-order valence-electron chi connectivity index (χ0n) is 13.2. The largest absolute Gasteiger partial charge is 0.353 e. The molecule has 2 unspecified atom stereocenters. The van der Waals surface area contributed by atoms with E-state index in [1.807, 2.05) is 17.5 Å². The molecule has 1 fully saturated rings. The van der Waals surface area contributed by atoms with Crippen molar-refractivity contribution >= 4 is 17.2 Å². The molecule has 2 N–H and O–H groups in total. The Hall–Kier alpha value is -1.73. The molecule has 2 aromatic heterocycles. The van der Waals surface area contributed by atoms with Crippen molar-refractivity contribution < 1.29 is 9.32 Å². The first-order chi connectivity index (χ1) is 11.2. The number of hydrogen-bond donors (Lipinski definition) is 2. The third kappa shape index (κ3) is 4.39. The summed E-state index contributed by atoms with van der Waals surface area (Å²) in [5.41, 5.74) is 0. The molecular formula is C16H22N4O2S. The average molecular weight is 334 g/mol. The minimum Gasteiger partial charge on any atom is -0.353 e. The molecule has 23 heavy (non-hydrogen) atoms. The van der Waals surface area contributed by atoms with Gasteiger partial charge >= 0.3 is 0 Å². The third-order valence-electron chi connectivity index (χ3n) is 4.14. The summed E-state index contributed by atoms with van der Waals surface area (Å²) in [6.45, 7) is 4.11. The predicted molar refractivity (Wildman–Crippen MR) is 89.1 cm³/mol. The van der Waals surface area contributed by atoms with Crippen LogP contribution >= 0.6 is 11.3 Å². The smallest absolute Gasteiger partial charge is 0.226 e. The number of aryl methyl sites for hydroxylation is 1. The highest BCUT2D eigenvalue weighted by Gasteiger charge is 2.22. The van der Waals surface area contributed by atoms with Gasteiger partial charge in [0.15, 0.2) is 0 Å². The predicted octanol–water partition coefficient (Wildman–Crippen LogP) is 2.23. The van der Waals surface area contributed by atoms with Crippen LogP contribution in [0.1, 0.15) is 32.1 Å². The Bertz CT molecular complexity index is 626. The van der Waals surface area contributed by atoms with Gasteiger partial charge in [0, 0.05) is 18.9 Å². The van der Waals surface area contributed by atoms with Gasteiger partial charge in [-0.1, -0.05) is 18.1 Å². The molecule has 0 radical (unpaired) electrons. The van der Waals surface area contributed by atoms with Gasteiger partial charge in [0.2, 0.25) is 17.6 Å². The number of piperidine rings is 1. The second-order valence-corrected chi connectivity index (χ2v) is 6.93. The van der Waals surface area contributed by atoms with Gasteiger partial charge in [-0.3, -0.25) is 4.79 Å². The summed E-state index contributed by atoms with van der Waals surface area (Å²) < 4.78 is 5.24. The van der Waals surface area contributed by atoms with Crippen LogP contribution in [0, 0.1) is 5.92 Å². The van der Waals surface area contributed by atoms with E-state index < -0.39 is 0 Å². The standard InChI is InChI=1S/C16H22N4O2S/c1-11-10-17-8-7-12(11)18-14(21)5-2-6-15-19-16(20-22-15)13-4-3-9-23-13/h3-4,9,11-12,17H,2,5-8,10H2,1H3,(H,18,21). The molecule has 2 aromatic rings. The summed E-state index contributed by atoms with van der Waals surface area (Å²) >= 11 is 1.58. The van der Waals surface area contributed by atoms with Crippen molar-refractivity contribution in [3.8, 4) is 10.7 Å². The van der Waals surface area contributed by atoms with Gasteiger partial charge < -0.3 is 15.2 Å². The van der Waals surface area contributed by atoms with Crippen LogP contribution in [0.5, 0.6) is 0 Å². The molecule has 1 aliphatic heterocycles. The molecule has 3 rings (SSSR count). The van der Waals surface area contributed by atoms with E-state index in [4.69, 9.17) is 4.52 Å². The van der Waals surface area contributed by atoms with E-state index in [0.717, 1.165) is 30.8 Å². The molecule has 0 aliphatic carbocycles. The van der Waals surface area contributed by atoms with E-state index in [2.05, 4.69) is 27.7 Å². The van der Waals surface area contributed by atoms with Crippen molar-refractivity contribution in [1.29, 1.82) is 0 Å².